The maximum atomic E-state index is 11.0. The number of carbonyl (C=O) groups is 1. The second-order valence-corrected chi connectivity index (χ2v) is 5.05. The number of ether oxygens (including phenoxy) is 1. The molecule has 5 heteroatoms. The number of guanidine groups is 1. The van der Waals surface area contributed by atoms with Crippen molar-refractivity contribution in [3.63, 3.8) is 0 Å². The molecular weight excluding hydrogens is 278 g/mol. The lowest BCUT2D eigenvalue weighted by Gasteiger charge is -2.11. The van der Waals surface area contributed by atoms with Crippen molar-refractivity contribution >= 4 is 11.9 Å². The number of methoxy groups -OCH3 is 1. The van der Waals surface area contributed by atoms with E-state index in [1.807, 2.05) is 6.07 Å². The minimum absolute atomic E-state index is 0.150. The summed E-state index contributed by atoms with van der Waals surface area (Å²) in [6, 6.07) is 10.5. The fourth-order valence-electron chi connectivity index (χ4n) is 2.07. The predicted octanol–water partition coefficient (Wildman–Crippen LogP) is 2.13. The van der Waals surface area contributed by atoms with Crippen LogP contribution in [0, 0.1) is 0 Å². The molecule has 0 radical (unpaired) electrons. The SMILES string of the molecule is CN=C(NCCCCC(=O)OC)NCCCc1ccccc1. The Hall–Kier alpha value is -2.04. The maximum Gasteiger partial charge on any atom is 0.305 e. The molecule has 0 aliphatic rings. The van der Waals surface area contributed by atoms with Crippen LogP contribution in [0.4, 0.5) is 0 Å². The van der Waals surface area contributed by atoms with Crippen molar-refractivity contribution in [1.29, 1.82) is 0 Å². The molecule has 0 amide bonds. The lowest BCUT2D eigenvalue weighted by molar-refractivity contribution is -0.140. The van der Waals surface area contributed by atoms with E-state index in [2.05, 4.69) is 44.6 Å². The molecule has 0 saturated carbocycles. The van der Waals surface area contributed by atoms with Gasteiger partial charge in [0.25, 0.3) is 0 Å². The average Bonchev–Trinajstić information content (AvgIpc) is 2.57. The van der Waals surface area contributed by atoms with Crippen molar-refractivity contribution in [3.8, 4) is 0 Å². The molecule has 0 spiro atoms. The van der Waals surface area contributed by atoms with Gasteiger partial charge in [-0.2, -0.15) is 0 Å². The molecule has 1 aromatic carbocycles. The molecule has 0 atom stereocenters. The lowest BCUT2D eigenvalue weighted by Crippen LogP contribution is -2.38. The fourth-order valence-corrected chi connectivity index (χ4v) is 2.07. The number of unbranched alkanes of at least 4 members (excludes halogenated alkanes) is 1. The van der Waals surface area contributed by atoms with Crippen LogP contribution in [0.1, 0.15) is 31.2 Å². The summed E-state index contributed by atoms with van der Waals surface area (Å²) in [6.07, 6.45) is 4.34. The van der Waals surface area contributed by atoms with Gasteiger partial charge in [0.1, 0.15) is 0 Å². The Balaban J connectivity index is 2.06. The molecule has 0 saturated heterocycles. The second-order valence-electron chi connectivity index (χ2n) is 5.05. The Labute approximate surface area is 133 Å². The number of benzene rings is 1. The van der Waals surface area contributed by atoms with Crippen LogP contribution >= 0.6 is 0 Å². The van der Waals surface area contributed by atoms with E-state index < -0.39 is 0 Å². The summed E-state index contributed by atoms with van der Waals surface area (Å²) in [5.41, 5.74) is 1.36. The third kappa shape index (κ3) is 8.29. The van der Waals surface area contributed by atoms with Gasteiger partial charge in [0.05, 0.1) is 7.11 Å². The number of carbonyl (C=O) groups excluding carboxylic acids is 1. The van der Waals surface area contributed by atoms with Gasteiger partial charge >= 0.3 is 5.97 Å². The van der Waals surface area contributed by atoms with Crippen molar-refractivity contribution in [2.75, 3.05) is 27.2 Å². The second kappa shape index (κ2) is 11.6. The first-order valence-electron chi connectivity index (χ1n) is 7.81. The van der Waals surface area contributed by atoms with E-state index in [0.717, 1.165) is 44.7 Å². The molecule has 0 bridgehead atoms. The molecular formula is C17H27N3O2. The largest absolute Gasteiger partial charge is 0.469 e. The fraction of sp³-hybridized carbons (Fsp3) is 0.529. The van der Waals surface area contributed by atoms with Crippen LogP contribution in [-0.4, -0.2) is 39.2 Å². The highest BCUT2D eigenvalue weighted by molar-refractivity contribution is 5.79. The molecule has 0 heterocycles. The smallest absolute Gasteiger partial charge is 0.305 e. The zero-order valence-electron chi connectivity index (χ0n) is 13.6. The van der Waals surface area contributed by atoms with Gasteiger partial charge < -0.3 is 15.4 Å². The van der Waals surface area contributed by atoms with Gasteiger partial charge in [-0.1, -0.05) is 30.3 Å². The highest BCUT2D eigenvalue weighted by Crippen LogP contribution is 2.01. The summed E-state index contributed by atoms with van der Waals surface area (Å²) < 4.78 is 4.61. The zero-order chi connectivity index (χ0) is 16.0. The van der Waals surface area contributed by atoms with E-state index in [1.54, 1.807) is 7.05 Å². The first-order valence-corrected chi connectivity index (χ1v) is 7.81. The Morgan fingerprint density at radius 2 is 1.77 bits per heavy atom. The Kier molecular flexibility index (Phi) is 9.50. The van der Waals surface area contributed by atoms with Crippen LogP contribution in [0.15, 0.2) is 35.3 Å². The molecule has 2 N–H and O–H groups in total. The Morgan fingerprint density at radius 1 is 1.09 bits per heavy atom. The number of hydrogen-bond acceptors (Lipinski definition) is 3. The van der Waals surface area contributed by atoms with Crippen LogP contribution in [-0.2, 0) is 16.0 Å². The van der Waals surface area contributed by atoms with Crippen LogP contribution < -0.4 is 10.6 Å². The molecule has 5 nitrogen and oxygen atoms in total. The van der Waals surface area contributed by atoms with Crippen LogP contribution in [0.5, 0.6) is 0 Å². The Bertz CT molecular complexity index is 446. The van der Waals surface area contributed by atoms with E-state index in [1.165, 1.54) is 12.7 Å². The van der Waals surface area contributed by atoms with E-state index in [-0.39, 0.29) is 5.97 Å². The van der Waals surface area contributed by atoms with Gasteiger partial charge in [-0.3, -0.25) is 9.79 Å². The number of nitrogens with one attached hydrogen (secondary N) is 2. The van der Waals surface area contributed by atoms with Gasteiger partial charge in [-0.25, -0.2) is 0 Å². The summed E-state index contributed by atoms with van der Waals surface area (Å²) in [5.74, 6) is 0.662. The van der Waals surface area contributed by atoms with Crippen LogP contribution in [0.25, 0.3) is 0 Å². The third-order valence-electron chi connectivity index (χ3n) is 3.33. The van der Waals surface area contributed by atoms with Gasteiger partial charge in [-0.15, -0.1) is 0 Å². The van der Waals surface area contributed by atoms with E-state index in [9.17, 15) is 4.79 Å². The molecule has 0 aliphatic heterocycles. The zero-order valence-corrected chi connectivity index (χ0v) is 13.6. The highest BCUT2D eigenvalue weighted by Gasteiger charge is 2.00. The molecule has 0 aliphatic carbocycles. The first kappa shape index (κ1) is 18.0. The number of aliphatic imine (C=N–C) groups is 1. The number of esters is 1. The average molecular weight is 305 g/mol. The monoisotopic (exact) mass is 305 g/mol. The summed E-state index contributed by atoms with van der Waals surface area (Å²) >= 11 is 0. The molecule has 0 fully saturated rings. The van der Waals surface area contributed by atoms with Gasteiger partial charge in [0.15, 0.2) is 5.96 Å². The van der Waals surface area contributed by atoms with Crippen LogP contribution in [0.3, 0.4) is 0 Å². The molecule has 0 aromatic heterocycles. The quantitative estimate of drug-likeness (QED) is 0.317. The number of rotatable bonds is 9. The summed E-state index contributed by atoms with van der Waals surface area (Å²) in [4.78, 5) is 15.2. The molecule has 22 heavy (non-hydrogen) atoms. The van der Waals surface area contributed by atoms with Crippen molar-refractivity contribution < 1.29 is 9.53 Å². The first-order chi connectivity index (χ1) is 10.8. The van der Waals surface area contributed by atoms with Gasteiger partial charge in [0, 0.05) is 26.6 Å². The summed E-state index contributed by atoms with van der Waals surface area (Å²) in [6.45, 7) is 1.69. The Morgan fingerprint density at radius 3 is 2.41 bits per heavy atom. The van der Waals surface area contributed by atoms with Crippen molar-refractivity contribution in [3.05, 3.63) is 35.9 Å². The molecule has 1 aromatic rings. The van der Waals surface area contributed by atoms with Gasteiger partial charge in [-0.05, 0) is 31.2 Å². The topological polar surface area (TPSA) is 62.7 Å². The van der Waals surface area contributed by atoms with Crippen molar-refractivity contribution in [1.82, 2.24) is 10.6 Å². The van der Waals surface area contributed by atoms with E-state index in [4.69, 9.17) is 0 Å². The highest BCUT2D eigenvalue weighted by atomic mass is 16.5. The summed E-state index contributed by atoms with van der Waals surface area (Å²) in [5, 5.41) is 6.54. The predicted molar refractivity (Wildman–Crippen MR) is 90.0 cm³/mol. The lowest BCUT2D eigenvalue weighted by atomic mass is 10.1. The number of aryl methyl sites for hydroxylation is 1. The molecule has 0 unspecified atom stereocenters. The van der Waals surface area contributed by atoms with Crippen molar-refractivity contribution in [2.45, 2.75) is 32.1 Å². The van der Waals surface area contributed by atoms with E-state index in [0.29, 0.717) is 6.42 Å². The number of hydrogen-bond donors (Lipinski definition) is 2. The minimum Gasteiger partial charge on any atom is -0.469 e. The van der Waals surface area contributed by atoms with Gasteiger partial charge in [0.2, 0.25) is 0 Å². The molecule has 122 valence electrons. The van der Waals surface area contributed by atoms with Crippen molar-refractivity contribution in [2.24, 2.45) is 4.99 Å². The standard InChI is InChI=1S/C17H27N3O2/c1-18-17(19-13-7-6-12-16(21)22-2)20-14-8-11-15-9-4-3-5-10-15/h3-5,9-10H,6-8,11-14H2,1-2H3,(H2,18,19,20). The third-order valence-corrected chi connectivity index (χ3v) is 3.33. The maximum absolute atomic E-state index is 11.0. The number of nitrogens with zero attached hydrogens (tertiary/aromatic N) is 1. The minimum atomic E-state index is -0.150. The summed E-state index contributed by atoms with van der Waals surface area (Å²) in [7, 11) is 3.18. The normalized spacial score (nSPS) is 11.1. The molecule has 1 rings (SSSR count). The van der Waals surface area contributed by atoms with Crippen LogP contribution in [0.2, 0.25) is 0 Å². The van der Waals surface area contributed by atoms with E-state index >= 15 is 0 Å².